The van der Waals surface area contributed by atoms with Gasteiger partial charge in [0.05, 0.1) is 19.7 Å². The van der Waals surface area contributed by atoms with Crippen molar-refractivity contribution in [3.05, 3.63) is 78.1 Å². The zero-order valence-corrected chi connectivity index (χ0v) is 18.4. The molecule has 32 heavy (non-hydrogen) atoms. The smallest absolute Gasteiger partial charge is 0.255 e. The maximum atomic E-state index is 12.6. The molecule has 2 amide bonds. The summed E-state index contributed by atoms with van der Waals surface area (Å²) >= 11 is 0. The number of rotatable bonds is 7. The summed E-state index contributed by atoms with van der Waals surface area (Å²) in [6.07, 6.45) is 4.18. The fourth-order valence-corrected chi connectivity index (χ4v) is 4.14. The van der Waals surface area contributed by atoms with Crippen LogP contribution in [-0.2, 0) is 11.8 Å². The predicted molar refractivity (Wildman–Crippen MR) is 125 cm³/mol. The van der Waals surface area contributed by atoms with Gasteiger partial charge in [0.25, 0.3) is 5.91 Å². The second-order valence-corrected chi connectivity index (χ2v) is 7.98. The average Bonchev–Trinajstić information content (AvgIpc) is 3.42. The molecule has 1 aliphatic rings. The Labute approximate surface area is 188 Å². The molecule has 1 aromatic heterocycles. The van der Waals surface area contributed by atoms with Crippen LogP contribution in [0.2, 0.25) is 0 Å². The Morgan fingerprint density at radius 1 is 1.00 bits per heavy atom. The molecular formula is C25H28N4O3. The van der Waals surface area contributed by atoms with E-state index >= 15 is 0 Å². The molecule has 0 unspecified atom stereocenters. The number of carbonyl (C=O) groups is 2. The Kier molecular flexibility index (Phi) is 6.56. The normalized spacial score (nSPS) is 16.0. The van der Waals surface area contributed by atoms with Gasteiger partial charge in [-0.15, -0.1) is 0 Å². The number of benzene rings is 2. The number of hydrogen-bond acceptors (Lipinski definition) is 4. The molecule has 1 aliphatic heterocycles. The van der Waals surface area contributed by atoms with Crippen LogP contribution in [0.1, 0.15) is 34.9 Å². The molecule has 2 N–H and O–H groups in total. The summed E-state index contributed by atoms with van der Waals surface area (Å²) in [6, 6.07) is 18.5. The fraction of sp³-hybridized carbons (Fsp3) is 0.280. The topological polar surface area (TPSA) is 75.6 Å². The number of methoxy groups -OCH3 is 1. The highest BCUT2D eigenvalue weighted by Gasteiger charge is 2.28. The number of carbonyl (C=O) groups excluding carboxylic acids is 2. The quantitative estimate of drug-likeness (QED) is 0.590. The van der Waals surface area contributed by atoms with Crippen molar-refractivity contribution in [2.75, 3.05) is 30.8 Å². The first-order chi connectivity index (χ1) is 15.5. The SMILES string of the molecule is COc1ccc(NC(=O)c2ccc(NC(=O)CN3CCC[C@H]3c3cccn3C)cc2)cc1. The molecule has 0 bridgehead atoms. The summed E-state index contributed by atoms with van der Waals surface area (Å²) in [7, 11) is 3.64. The largest absolute Gasteiger partial charge is 0.497 e. The molecule has 0 spiro atoms. The maximum Gasteiger partial charge on any atom is 0.255 e. The van der Waals surface area contributed by atoms with Crippen molar-refractivity contribution in [2.45, 2.75) is 18.9 Å². The van der Waals surface area contributed by atoms with Crippen LogP contribution in [0.5, 0.6) is 5.75 Å². The number of nitrogens with one attached hydrogen (secondary N) is 2. The van der Waals surface area contributed by atoms with E-state index in [9.17, 15) is 9.59 Å². The number of ether oxygens (including phenoxy) is 1. The summed E-state index contributed by atoms with van der Waals surface area (Å²) in [6.45, 7) is 1.25. The van der Waals surface area contributed by atoms with Crippen molar-refractivity contribution in [3.8, 4) is 5.75 Å². The molecule has 2 aromatic carbocycles. The molecule has 1 atom stereocenters. The lowest BCUT2D eigenvalue weighted by Crippen LogP contribution is -2.33. The first-order valence-corrected chi connectivity index (χ1v) is 10.7. The fourth-order valence-electron chi connectivity index (χ4n) is 4.14. The van der Waals surface area contributed by atoms with Crippen molar-refractivity contribution in [1.29, 1.82) is 0 Å². The summed E-state index contributed by atoms with van der Waals surface area (Å²) in [5.74, 6) is 0.462. The highest BCUT2D eigenvalue weighted by molar-refractivity contribution is 6.04. The third-order valence-electron chi connectivity index (χ3n) is 5.81. The van der Waals surface area contributed by atoms with Crippen molar-refractivity contribution in [3.63, 3.8) is 0 Å². The van der Waals surface area contributed by atoms with Crippen LogP contribution in [0, 0.1) is 0 Å². The monoisotopic (exact) mass is 432 g/mol. The molecule has 4 rings (SSSR count). The zero-order valence-electron chi connectivity index (χ0n) is 18.4. The Morgan fingerprint density at radius 2 is 1.69 bits per heavy atom. The van der Waals surface area contributed by atoms with Gasteiger partial charge < -0.3 is 19.9 Å². The number of likely N-dealkylation sites (tertiary alicyclic amines) is 1. The van der Waals surface area contributed by atoms with Gasteiger partial charge >= 0.3 is 0 Å². The number of aryl methyl sites for hydroxylation is 1. The van der Waals surface area contributed by atoms with E-state index < -0.39 is 0 Å². The minimum atomic E-state index is -0.212. The second-order valence-electron chi connectivity index (χ2n) is 7.98. The van der Waals surface area contributed by atoms with Gasteiger partial charge in [0, 0.05) is 35.9 Å². The van der Waals surface area contributed by atoms with Crippen LogP contribution in [0.3, 0.4) is 0 Å². The van der Waals surface area contributed by atoms with Gasteiger partial charge in [0.1, 0.15) is 5.75 Å². The third kappa shape index (κ3) is 5.00. The summed E-state index contributed by atoms with van der Waals surface area (Å²) in [5.41, 5.74) is 3.11. The second kappa shape index (κ2) is 9.70. The standard InChI is InChI=1S/C25H28N4O3/c1-28-15-3-5-22(28)23-6-4-16-29(23)17-24(30)26-19-9-7-18(8-10-19)25(31)27-20-11-13-21(32-2)14-12-20/h3,5,7-15,23H,4,6,16-17H2,1-2H3,(H,26,30)(H,27,31)/t23-/m0/s1. The zero-order chi connectivity index (χ0) is 22.5. The van der Waals surface area contributed by atoms with Gasteiger partial charge in [-0.25, -0.2) is 0 Å². The van der Waals surface area contributed by atoms with Gasteiger partial charge in [0.2, 0.25) is 5.91 Å². The molecule has 1 saturated heterocycles. The van der Waals surface area contributed by atoms with Crippen molar-refractivity contribution in [1.82, 2.24) is 9.47 Å². The minimum Gasteiger partial charge on any atom is -0.497 e. The Balaban J connectivity index is 1.32. The minimum absolute atomic E-state index is 0.0541. The van der Waals surface area contributed by atoms with Gasteiger partial charge in [-0.3, -0.25) is 14.5 Å². The third-order valence-corrected chi connectivity index (χ3v) is 5.81. The predicted octanol–water partition coefficient (Wildman–Crippen LogP) is 4.06. The molecule has 166 valence electrons. The number of nitrogens with zero attached hydrogens (tertiary/aromatic N) is 2. The molecule has 1 fully saturated rings. The van der Waals surface area contributed by atoms with E-state index in [-0.39, 0.29) is 17.9 Å². The molecule has 7 heteroatoms. The molecule has 0 saturated carbocycles. The maximum absolute atomic E-state index is 12.6. The molecule has 0 aliphatic carbocycles. The van der Waals surface area contributed by atoms with E-state index in [1.165, 1.54) is 5.69 Å². The lowest BCUT2D eigenvalue weighted by Gasteiger charge is -2.24. The Morgan fingerprint density at radius 3 is 2.34 bits per heavy atom. The van der Waals surface area contributed by atoms with Crippen LogP contribution < -0.4 is 15.4 Å². The lowest BCUT2D eigenvalue weighted by molar-refractivity contribution is -0.117. The number of amides is 2. The average molecular weight is 433 g/mol. The lowest BCUT2D eigenvalue weighted by atomic mass is 10.1. The molecule has 7 nitrogen and oxygen atoms in total. The first kappa shape index (κ1) is 21.6. The van der Waals surface area contributed by atoms with Gasteiger partial charge in [-0.05, 0) is 80.1 Å². The molecule has 3 aromatic rings. The van der Waals surface area contributed by atoms with Crippen LogP contribution >= 0.6 is 0 Å². The van der Waals surface area contributed by atoms with E-state index in [0.29, 0.717) is 23.5 Å². The van der Waals surface area contributed by atoms with Gasteiger partial charge in [-0.2, -0.15) is 0 Å². The van der Waals surface area contributed by atoms with Gasteiger partial charge in [0.15, 0.2) is 0 Å². The summed E-state index contributed by atoms with van der Waals surface area (Å²) in [4.78, 5) is 27.3. The van der Waals surface area contributed by atoms with Gasteiger partial charge in [-0.1, -0.05) is 0 Å². The van der Waals surface area contributed by atoms with E-state index in [2.05, 4.69) is 26.2 Å². The highest BCUT2D eigenvalue weighted by atomic mass is 16.5. The molecular weight excluding hydrogens is 404 g/mol. The Bertz CT molecular complexity index is 1070. The van der Waals surface area contributed by atoms with Crippen LogP contribution in [-0.4, -0.2) is 41.5 Å². The molecule has 2 heterocycles. The molecule has 0 radical (unpaired) electrons. The Hall–Kier alpha value is -3.58. The van der Waals surface area contributed by atoms with E-state index in [4.69, 9.17) is 4.74 Å². The summed E-state index contributed by atoms with van der Waals surface area (Å²) < 4.78 is 7.25. The highest BCUT2D eigenvalue weighted by Crippen LogP contribution is 2.31. The van der Waals surface area contributed by atoms with E-state index in [1.807, 2.05) is 19.3 Å². The van der Waals surface area contributed by atoms with Crippen molar-refractivity contribution >= 4 is 23.2 Å². The van der Waals surface area contributed by atoms with Crippen LogP contribution in [0.4, 0.5) is 11.4 Å². The number of aromatic nitrogens is 1. The number of hydrogen-bond donors (Lipinski definition) is 2. The number of anilines is 2. The van der Waals surface area contributed by atoms with E-state index in [0.717, 1.165) is 25.1 Å². The van der Waals surface area contributed by atoms with Crippen molar-refractivity contribution < 1.29 is 14.3 Å². The van der Waals surface area contributed by atoms with Crippen LogP contribution in [0.25, 0.3) is 0 Å². The first-order valence-electron chi connectivity index (χ1n) is 10.7. The summed E-state index contributed by atoms with van der Waals surface area (Å²) in [5, 5.41) is 5.80. The van der Waals surface area contributed by atoms with Crippen molar-refractivity contribution in [2.24, 2.45) is 7.05 Å². The van der Waals surface area contributed by atoms with E-state index in [1.54, 1.807) is 55.6 Å². The van der Waals surface area contributed by atoms with Crippen LogP contribution in [0.15, 0.2) is 66.9 Å².